The van der Waals surface area contributed by atoms with Crippen molar-refractivity contribution in [2.24, 2.45) is 5.10 Å². The number of nitrogens with zero attached hydrogens (tertiary/aromatic N) is 1. The SMILES string of the molecule is COc1ccc(CSCC(=O)NN=C(C)C)cc1. The molecule has 0 bridgehead atoms. The third-order valence-electron chi connectivity index (χ3n) is 2.07. The van der Waals surface area contributed by atoms with Crippen LogP contribution in [-0.2, 0) is 10.5 Å². The van der Waals surface area contributed by atoms with Gasteiger partial charge in [0.15, 0.2) is 0 Å². The first-order valence-corrected chi connectivity index (χ1v) is 6.77. The van der Waals surface area contributed by atoms with Gasteiger partial charge in [-0.15, -0.1) is 11.8 Å². The molecule has 4 nitrogen and oxygen atoms in total. The number of benzene rings is 1. The van der Waals surface area contributed by atoms with Gasteiger partial charge < -0.3 is 4.74 Å². The third kappa shape index (κ3) is 5.72. The van der Waals surface area contributed by atoms with Gasteiger partial charge in [-0.3, -0.25) is 4.79 Å². The Hall–Kier alpha value is -1.49. The van der Waals surface area contributed by atoms with E-state index < -0.39 is 0 Å². The average molecular weight is 266 g/mol. The summed E-state index contributed by atoms with van der Waals surface area (Å²) in [5.74, 6) is 1.97. The van der Waals surface area contributed by atoms with E-state index in [9.17, 15) is 4.79 Å². The minimum Gasteiger partial charge on any atom is -0.497 e. The fourth-order valence-electron chi connectivity index (χ4n) is 1.19. The van der Waals surface area contributed by atoms with Crippen molar-refractivity contribution in [3.05, 3.63) is 29.8 Å². The van der Waals surface area contributed by atoms with Crippen LogP contribution in [0.2, 0.25) is 0 Å². The summed E-state index contributed by atoms with van der Waals surface area (Å²) in [7, 11) is 1.64. The van der Waals surface area contributed by atoms with Crippen LogP contribution in [-0.4, -0.2) is 24.5 Å². The average Bonchev–Trinajstić information content (AvgIpc) is 2.37. The molecule has 98 valence electrons. The van der Waals surface area contributed by atoms with Gasteiger partial charge in [0.1, 0.15) is 5.75 Å². The molecule has 1 rings (SSSR count). The van der Waals surface area contributed by atoms with Crippen molar-refractivity contribution in [2.75, 3.05) is 12.9 Å². The van der Waals surface area contributed by atoms with Crippen molar-refractivity contribution in [1.82, 2.24) is 5.43 Å². The summed E-state index contributed by atoms with van der Waals surface area (Å²) in [5.41, 5.74) is 4.50. The number of thioether (sulfide) groups is 1. The van der Waals surface area contributed by atoms with E-state index in [-0.39, 0.29) is 5.91 Å². The zero-order valence-electron chi connectivity index (χ0n) is 10.9. The molecule has 1 amide bonds. The molecule has 0 radical (unpaired) electrons. The lowest BCUT2D eigenvalue weighted by Gasteiger charge is -2.03. The van der Waals surface area contributed by atoms with Crippen molar-refractivity contribution in [3.8, 4) is 5.75 Å². The normalized spacial score (nSPS) is 9.72. The van der Waals surface area contributed by atoms with E-state index in [0.717, 1.165) is 17.2 Å². The number of nitrogens with one attached hydrogen (secondary N) is 1. The quantitative estimate of drug-likeness (QED) is 0.635. The van der Waals surface area contributed by atoms with Crippen molar-refractivity contribution < 1.29 is 9.53 Å². The van der Waals surface area contributed by atoms with Gasteiger partial charge in [0.25, 0.3) is 0 Å². The van der Waals surface area contributed by atoms with Crippen LogP contribution < -0.4 is 10.2 Å². The van der Waals surface area contributed by atoms with Crippen LogP contribution in [0.15, 0.2) is 29.4 Å². The Bertz CT molecular complexity index is 412. The molecule has 0 aromatic heterocycles. The van der Waals surface area contributed by atoms with Crippen molar-refractivity contribution in [3.63, 3.8) is 0 Å². The Morgan fingerprint density at radius 3 is 2.56 bits per heavy atom. The van der Waals surface area contributed by atoms with Crippen LogP contribution in [0.5, 0.6) is 5.75 Å². The van der Waals surface area contributed by atoms with Crippen molar-refractivity contribution >= 4 is 23.4 Å². The van der Waals surface area contributed by atoms with Crippen LogP contribution in [0.3, 0.4) is 0 Å². The summed E-state index contributed by atoms with van der Waals surface area (Å²) in [6, 6.07) is 7.83. The molecule has 0 saturated heterocycles. The van der Waals surface area contributed by atoms with E-state index in [2.05, 4.69) is 10.5 Å². The summed E-state index contributed by atoms with van der Waals surface area (Å²) >= 11 is 1.56. The number of carbonyl (C=O) groups is 1. The van der Waals surface area contributed by atoms with Gasteiger partial charge in [-0.1, -0.05) is 12.1 Å². The molecule has 0 aliphatic carbocycles. The molecule has 0 heterocycles. The maximum absolute atomic E-state index is 11.4. The standard InChI is InChI=1S/C13H18N2O2S/c1-10(2)14-15-13(16)9-18-8-11-4-6-12(17-3)7-5-11/h4-7H,8-9H2,1-3H3,(H,15,16). The molecule has 0 aliphatic heterocycles. The predicted molar refractivity (Wildman–Crippen MR) is 76.1 cm³/mol. The second-order valence-corrected chi connectivity index (χ2v) is 4.92. The number of hydrogen-bond acceptors (Lipinski definition) is 4. The van der Waals surface area contributed by atoms with Crippen molar-refractivity contribution in [2.45, 2.75) is 19.6 Å². The van der Waals surface area contributed by atoms with Gasteiger partial charge in [-0.05, 0) is 31.5 Å². The minimum absolute atomic E-state index is 0.0743. The number of carbonyl (C=O) groups excluding carboxylic acids is 1. The molecular weight excluding hydrogens is 248 g/mol. The monoisotopic (exact) mass is 266 g/mol. The molecule has 5 heteroatoms. The number of ether oxygens (including phenoxy) is 1. The second-order valence-electron chi connectivity index (χ2n) is 3.93. The molecule has 0 aliphatic rings. The number of amides is 1. The molecule has 0 spiro atoms. The zero-order valence-corrected chi connectivity index (χ0v) is 11.7. The summed E-state index contributed by atoms with van der Waals surface area (Å²) in [4.78, 5) is 11.4. The Balaban J connectivity index is 2.28. The first-order chi connectivity index (χ1) is 8.61. The molecule has 18 heavy (non-hydrogen) atoms. The maximum Gasteiger partial charge on any atom is 0.250 e. The van der Waals surface area contributed by atoms with Gasteiger partial charge in [-0.25, -0.2) is 5.43 Å². The van der Waals surface area contributed by atoms with Gasteiger partial charge in [0, 0.05) is 11.5 Å². The number of methoxy groups -OCH3 is 1. The van der Waals surface area contributed by atoms with E-state index in [4.69, 9.17) is 4.74 Å². The van der Waals surface area contributed by atoms with E-state index >= 15 is 0 Å². The minimum atomic E-state index is -0.0743. The van der Waals surface area contributed by atoms with E-state index in [1.807, 2.05) is 38.1 Å². The summed E-state index contributed by atoms with van der Waals surface area (Å²) < 4.78 is 5.08. The Morgan fingerprint density at radius 1 is 1.33 bits per heavy atom. The maximum atomic E-state index is 11.4. The lowest BCUT2D eigenvalue weighted by atomic mass is 10.2. The van der Waals surface area contributed by atoms with Gasteiger partial charge in [0.05, 0.1) is 12.9 Å². The highest BCUT2D eigenvalue weighted by Crippen LogP contribution is 2.16. The van der Waals surface area contributed by atoms with Crippen LogP contribution in [0.1, 0.15) is 19.4 Å². The largest absolute Gasteiger partial charge is 0.497 e. The van der Waals surface area contributed by atoms with Crippen molar-refractivity contribution in [1.29, 1.82) is 0 Å². The Morgan fingerprint density at radius 2 is 2.00 bits per heavy atom. The molecule has 0 fully saturated rings. The van der Waals surface area contributed by atoms with E-state index in [1.54, 1.807) is 18.9 Å². The molecule has 0 atom stereocenters. The molecule has 1 aromatic rings. The summed E-state index contributed by atoms with van der Waals surface area (Å²) in [5, 5.41) is 3.86. The first kappa shape index (κ1) is 14.6. The lowest BCUT2D eigenvalue weighted by molar-refractivity contribution is -0.118. The lowest BCUT2D eigenvalue weighted by Crippen LogP contribution is -2.20. The summed E-state index contributed by atoms with van der Waals surface area (Å²) in [6.45, 7) is 3.68. The summed E-state index contributed by atoms with van der Waals surface area (Å²) in [6.07, 6.45) is 0. The molecule has 1 N–H and O–H groups in total. The Labute approximate surface area is 112 Å². The number of hydrogen-bond donors (Lipinski definition) is 1. The van der Waals surface area contributed by atoms with Crippen LogP contribution >= 0.6 is 11.8 Å². The smallest absolute Gasteiger partial charge is 0.250 e. The second kappa shape index (κ2) is 7.76. The zero-order chi connectivity index (χ0) is 13.4. The Kier molecular flexibility index (Phi) is 6.28. The number of rotatable bonds is 6. The first-order valence-electron chi connectivity index (χ1n) is 5.62. The van der Waals surface area contributed by atoms with E-state index in [0.29, 0.717) is 5.75 Å². The molecule has 0 saturated carbocycles. The van der Waals surface area contributed by atoms with Crippen LogP contribution in [0, 0.1) is 0 Å². The highest BCUT2D eigenvalue weighted by molar-refractivity contribution is 7.99. The molecular formula is C13H18N2O2S. The predicted octanol–water partition coefficient (Wildman–Crippen LogP) is 2.44. The van der Waals surface area contributed by atoms with Crippen LogP contribution in [0.4, 0.5) is 0 Å². The number of hydrazone groups is 1. The highest BCUT2D eigenvalue weighted by Gasteiger charge is 2.01. The molecule has 0 unspecified atom stereocenters. The van der Waals surface area contributed by atoms with E-state index in [1.165, 1.54) is 5.56 Å². The van der Waals surface area contributed by atoms with Crippen LogP contribution in [0.25, 0.3) is 0 Å². The van der Waals surface area contributed by atoms with Gasteiger partial charge in [-0.2, -0.15) is 5.10 Å². The fraction of sp³-hybridized carbons (Fsp3) is 0.385. The molecule has 1 aromatic carbocycles. The fourth-order valence-corrected chi connectivity index (χ4v) is 1.97. The third-order valence-corrected chi connectivity index (χ3v) is 3.07. The van der Waals surface area contributed by atoms with Gasteiger partial charge >= 0.3 is 0 Å². The van der Waals surface area contributed by atoms with Gasteiger partial charge in [0.2, 0.25) is 5.91 Å². The highest BCUT2D eigenvalue weighted by atomic mass is 32.2. The topological polar surface area (TPSA) is 50.7 Å².